The van der Waals surface area contributed by atoms with Crippen LogP contribution in [0.5, 0.6) is 0 Å². The van der Waals surface area contributed by atoms with E-state index in [0.717, 1.165) is 0 Å². The fourth-order valence-corrected chi connectivity index (χ4v) is 1.47. The van der Waals surface area contributed by atoms with E-state index in [4.69, 9.17) is 15.3 Å². The lowest BCUT2D eigenvalue weighted by Gasteiger charge is -2.22. The Morgan fingerprint density at radius 3 is 1.67 bits per heavy atom. The third kappa shape index (κ3) is 3.23. The van der Waals surface area contributed by atoms with Gasteiger partial charge in [-0.25, -0.2) is 0 Å². The number of rotatable bonds is 6. The van der Waals surface area contributed by atoms with Crippen LogP contribution in [0.2, 0.25) is 0 Å². The van der Waals surface area contributed by atoms with E-state index in [1.54, 1.807) is 0 Å². The zero-order valence-corrected chi connectivity index (χ0v) is 8.51. The Morgan fingerprint density at radius 1 is 1.00 bits per heavy atom. The van der Waals surface area contributed by atoms with Gasteiger partial charge in [0, 0.05) is 0 Å². The molecule has 86 valence electrons. The van der Waals surface area contributed by atoms with Crippen molar-refractivity contribution in [1.29, 1.82) is 0 Å². The second-order valence-electron chi connectivity index (χ2n) is 3.34. The summed E-state index contributed by atoms with van der Waals surface area (Å²) in [5.74, 6) is -7.76. The molecule has 0 saturated heterocycles. The topological polar surface area (TPSA) is 112 Å². The van der Waals surface area contributed by atoms with Gasteiger partial charge in [-0.05, 0) is 6.42 Å². The Hall–Kier alpha value is -1.59. The van der Waals surface area contributed by atoms with Crippen molar-refractivity contribution in [2.75, 3.05) is 0 Å². The normalized spacial score (nSPS) is 16.4. The minimum Gasteiger partial charge on any atom is -0.481 e. The van der Waals surface area contributed by atoms with Gasteiger partial charge in [0.25, 0.3) is 0 Å². The molecular formula is C9H14O6. The summed E-state index contributed by atoms with van der Waals surface area (Å²) in [5, 5.41) is 26.3. The molecule has 0 amide bonds. The molecule has 0 aliphatic carbocycles. The second-order valence-corrected chi connectivity index (χ2v) is 3.34. The Kier molecular flexibility index (Phi) is 4.77. The first-order chi connectivity index (χ1) is 6.82. The molecule has 1 unspecified atom stereocenters. The van der Waals surface area contributed by atoms with E-state index in [-0.39, 0.29) is 6.42 Å². The van der Waals surface area contributed by atoms with Crippen LogP contribution in [0.1, 0.15) is 20.3 Å². The van der Waals surface area contributed by atoms with Crippen LogP contribution in [0, 0.1) is 17.8 Å². The van der Waals surface area contributed by atoms with Gasteiger partial charge < -0.3 is 15.3 Å². The molecule has 3 N–H and O–H groups in total. The van der Waals surface area contributed by atoms with Crippen molar-refractivity contribution in [3.8, 4) is 0 Å². The van der Waals surface area contributed by atoms with Crippen LogP contribution >= 0.6 is 0 Å². The average Bonchev–Trinajstić information content (AvgIpc) is 2.11. The number of carboxylic acid groups (broad SMARTS) is 3. The molecule has 0 aromatic carbocycles. The summed E-state index contributed by atoms with van der Waals surface area (Å²) in [6.45, 7) is 2.72. The van der Waals surface area contributed by atoms with Crippen LogP contribution in [0.4, 0.5) is 0 Å². The molecule has 0 aromatic rings. The van der Waals surface area contributed by atoms with E-state index in [1.807, 2.05) is 0 Å². The Morgan fingerprint density at radius 2 is 1.47 bits per heavy atom. The summed E-state index contributed by atoms with van der Waals surface area (Å²) >= 11 is 0. The predicted molar refractivity (Wildman–Crippen MR) is 49.3 cm³/mol. The molecule has 0 radical (unpaired) electrons. The Bertz CT molecular complexity index is 272. The highest BCUT2D eigenvalue weighted by atomic mass is 16.4. The van der Waals surface area contributed by atoms with Gasteiger partial charge in [-0.2, -0.15) is 0 Å². The van der Waals surface area contributed by atoms with Gasteiger partial charge in [0.15, 0.2) is 0 Å². The third-order valence-corrected chi connectivity index (χ3v) is 2.40. The van der Waals surface area contributed by atoms with Gasteiger partial charge >= 0.3 is 17.9 Å². The molecule has 0 saturated carbocycles. The first kappa shape index (κ1) is 13.4. The molecule has 0 fully saturated rings. The molecule has 0 aromatic heterocycles. The zero-order chi connectivity index (χ0) is 12.2. The van der Waals surface area contributed by atoms with Crippen molar-refractivity contribution < 1.29 is 29.7 Å². The smallest absolute Gasteiger partial charge is 0.308 e. The standard InChI is InChI=1S/C9H14O6/c1-3-5(8(12)13)6(9(14)15)4(2)7(10)11/h4-6H,3H2,1-2H3,(H,10,11)(H,12,13)(H,14,15)/t4-,5+,6?/m0/s1. The molecule has 0 bridgehead atoms. The third-order valence-electron chi connectivity index (χ3n) is 2.40. The van der Waals surface area contributed by atoms with E-state index in [9.17, 15) is 14.4 Å². The van der Waals surface area contributed by atoms with Crippen LogP contribution in [-0.2, 0) is 14.4 Å². The average molecular weight is 218 g/mol. The number of aliphatic carboxylic acids is 3. The second kappa shape index (κ2) is 5.33. The van der Waals surface area contributed by atoms with Crippen molar-refractivity contribution in [3.63, 3.8) is 0 Å². The molecule has 6 nitrogen and oxygen atoms in total. The van der Waals surface area contributed by atoms with Crippen molar-refractivity contribution in [3.05, 3.63) is 0 Å². The van der Waals surface area contributed by atoms with E-state index in [2.05, 4.69) is 0 Å². The first-order valence-corrected chi connectivity index (χ1v) is 4.51. The summed E-state index contributed by atoms with van der Waals surface area (Å²) in [4.78, 5) is 32.2. The van der Waals surface area contributed by atoms with E-state index < -0.39 is 35.7 Å². The minimum atomic E-state index is -1.40. The van der Waals surface area contributed by atoms with Crippen LogP contribution < -0.4 is 0 Å². The summed E-state index contributed by atoms with van der Waals surface area (Å²) < 4.78 is 0. The monoisotopic (exact) mass is 218 g/mol. The zero-order valence-electron chi connectivity index (χ0n) is 8.51. The van der Waals surface area contributed by atoms with Crippen molar-refractivity contribution in [1.82, 2.24) is 0 Å². The lowest BCUT2D eigenvalue weighted by Crippen LogP contribution is -2.37. The maximum atomic E-state index is 10.8. The molecular weight excluding hydrogens is 204 g/mol. The largest absolute Gasteiger partial charge is 0.481 e. The van der Waals surface area contributed by atoms with E-state index in [0.29, 0.717) is 0 Å². The molecule has 6 heteroatoms. The van der Waals surface area contributed by atoms with Gasteiger partial charge in [0.05, 0.1) is 17.8 Å². The van der Waals surface area contributed by atoms with Crippen molar-refractivity contribution >= 4 is 17.9 Å². The van der Waals surface area contributed by atoms with Gasteiger partial charge in [0.1, 0.15) is 0 Å². The number of hydrogen-bond acceptors (Lipinski definition) is 3. The summed E-state index contributed by atoms with van der Waals surface area (Å²) in [6.07, 6.45) is 0.0872. The van der Waals surface area contributed by atoms with Crippen molar-refractivity contribution in [2.45, 2.75) is 20.3 Å². The van der Waals surface area contributed by atoms with Gasteiger partial charge in [0.2, 0.25) is 0 Å². The fraction of sp³-hybridized carbons (Fsp3) is 0.667. The molecule has 0 rings (SSSR count). The summed E-state index contributed by atoms with van der Waals surface area (Å²) in [6, 6.07) is 0. The maximum Gasteiger partial charge on any atom is 0.308 e. The van der Waals surface area contributed by atoms with Crippen LogP contribution in [0.15, 0.2) is 0 Å². The van der Waals surface area contributed by atoms with Crippen LogP contribution in [0.25, 0.3) is 0 Å². The van der Waals surface area contributed by atoms with Gasteiger partial charge in [-0.1, -0.05) is 13.8 Å². The quantitative estimate of drug-likeness (QED) is 0.599. The summed E-state index contributed by atoms with van der Waals surface area (Å²) in [7, 11) is 0. The van der Waals surface area contributed by atoms with Gasteiger partial charge in [-0.3, -0.25) is 14.4 Å². The minimum absolute atomic E-state index is 0.0872. The molecule has 0 aliphatic rings. The SMILES string of the molecule is CC[C@@H](C(=O)O)C(C(=O)O)[C@H](C)C(=O)O. The first-order valence-electron chi connectivity index (χ1n) is 4.51. The lowest BCUT2D eigenvalue weighted by atomic mass is 9.81. The van der Waals surface area contributed by atoms with Gasteiger partial charge in [-0.15, -0.1) is 0 Å². The highest BCUT2D eigenvalue weighted by Gasteiger charge is 2.39. The highest BCUT2D eigenvalue weighted by Crippen LogP contribution is 2.25. The van der Waals surface area contributed by atoms with Crippen LogP contribution in [0.3, 0.4) is 0 Å². The van der Waals surface area contributed by atoms with E-state index in [1.165, 1.54) is 13.8 Å². The fourth-order valence-electron chi connectivity index (χ4n) is 1.47. The summed E-state index contributed by atoms with van der Waals surface area (Å²) in [5.41, 5.74) is 0. The predicted octanol–water partition coefficient (Wildman–Crippen LogP) is 0.519. The number of carboxylic acids is 3. The Labute approximate surface area is 86.5 Å². The molecule has 0 spiro atoms. The van der Waals surface area contributed by atoms with Crippen molar-refractivity contribution in [2.24, 2.45) is 17.8 Å². The lowest BCUT2D eigenvalue weighted by molar-refractivity contribution is -0.161. The van der Waals surface area contributed by atoms with Crippen LogP contribution in [-0.4, -0.2) is 33.2 Å². The molecule has 0 heterocycles. The maximum absolute atomic E-state index is 10.8. The molecule has 0 aliphatic heterocycles. The number of hydrogen-bond donors (Lipinski definition) is 3. The highest BCUT2D eigenvalue weighted by molar-refractivity contribution is 5.85. The number of carbonyl (C=O) groups is 3. The Balaban J connectivity index is 5.02. The van der Waals surface area contributed by atoms with E-state index >= 15 is 0 Å². The molecule has 3 atom stereocenters. The molecule has 15 heavy (non-hydrogen) atoms.